The van der Waals surface area contributed by atoms with Gasteiger partial charge in [-0.3, -0.25) is 0 Å². The second-order valence-electron chi connectivity index (χ2n) is 4.46. The number of methoxy groups -OCH3 is 1. The fraction of sp³-hybridized carbons (Fsp3) is 0.400. The highest BCUT2D eigenvalue weighted by molar-refractivity contribution is 7.09. The van der Waals surface area contributed by atoms with Gasteiger partial charge in [0.1, 0.15) is 6.61 Å². The quantitative estimate of drug-likeness (QED) is 0.851. The first kappa shape index (κ1) is 14.8. The zero-order chi connectivity index (χ0) is 14.4. The highest BCUT2D eigenvalue weighted by atomic mass is 32.1. The van der Waals surface area contributed by atoms with E-state index in [4.69, 9.17) is 15.2 Å². The van der Waals surface area contributed by atoms with E-state index in [1.165, 1.54) is 0 Å². The van der Waals surface area contributed by atoms with Crippen LogP contribution in [0.3, 0.4) is 0 Å². The highest BCUT2D eigenvalue weighted by Crippen LogP contribution is 2.28. The minimum atomic E-state index is 0.457. The first-order chi connectivity index (χ1) is 9.76. The van der Waals surface area contributed by atoms with Crippen molar-refractivity contribution in [2.75, 3.05) is 7.11 Å². The highest BCUT2D eigenvalue weighted by Gasteiger charge is 2.07. The molecule has 2 rings (SSSR count). The van der Waals surface area contributed by atoms with Crippen LogP contribution in [0.15, 0.2) is 23.6 Å². The maximum atomic E-state index is 5.78. The molecule has 0 aliphatic rings. The van der Waals surface area contributed by atoms with Crippen LogP contribution in [0.25, 0.3) is 0 Å². The molecule has 0 aliphatic carbocycles. The van der Waals surface area contributed by atoms with Crippen molar-refractivity contribution >= 4 is 11.3 Å². The van der Waals surface area contributed by atoms with Crippen LogP contribution in [-0.4, -0.2) is 12.1 Å². The van der Waals surface area contributed by atoms with E-state index in [0.29, 0.717) is 18.9 Å². The first-order valence-electron chi connectivity index (χ1n) is 6.69. The van der Waals surface area contributed by atoms with Crippen molar-refractivity contribution in [2.24, 2.45) is 5.73 Å². The summed E-state index contributed by atoms with van der Waals surface area (Å²) in [7, 11) is 1.63. The lowest BCUT2D eigenvalue weighted by atomic mass is 10.2. The monoisotopic (exact) mass is 292 g/mol. The van der Waals surface area contributed by atoms with Gasteiger partial charge in [0.05, 0.1) is 17.8 Å². The van der Waals surface area contributed by atoms with Gasteiger partial charge in [0, 0.05) is 11.9 Å². The number of hydrogen-bond donors (Lipinski definition) is 1. The Balaban J connectivity index is 2.02. The summed E-state index contributed by atoms with van der Waals surface area (Å²) < 4.78 is 11.1. The topological polar surface area (TPSA) is 57.4 Å². The number of aromatic nitrogens is 1. The van der Waals surface area contributed by atoms with Crippen molar-refractivity contribution in [3.63, 3.8) is 0 Å². The van der Waals surface area contributed by atoms with Crippen LogP contribution in [0, 0.1) is 0 Å². The summed E-state index contributed by atoms with van der Waals surface area (Å²) in [5.41, 5.74) is 7.60. The maximum Gasteiger partial charge on any atom is 0.161 e. The van der Waals surface area contributed by atoms with Gasteiger partial charge in [-0.05, 0) is 30.5 Å². The van der Waals surface area contributed by atoms with E-state index in [-0.39, 0.29) is 0 Å². The summed E-state index contributed by atoms with van der Waals surface area (Å²) in [5.74, 6) is 1.42. The molecule has 0 atom stereocenters. The Kier molecular flexibility index (Phi) is 5.38. The molecule has 0 spiro atoms. The number of nitrogens with zero attached hydrogens (tertiary/aromatic N) is 1. The Morgan fingerprint density at radius 1 is 1.30 bits per heavy atom. The number of rotatable bonds is 7. The molecule has 0 saturated heterocycles. The Labute approximate surface area is 123 Å². The van der Waals surface area contributed by atoms with E-state index in [1.54, 1.807) is 18.4 Å². The van der Waals surface area contributed by atoms with Gasteiger partial charge < -0.3 is 15.2 Å². The van der Waals surface area contributed by atoms with E-state index < -0.39 is 0 Å². The zero-order valence-electron chi connectivity index (χ0n) is 11.9. The molecule has 108 valence electrons. The number of thiazole rings is 1. The molecule has 0 amide bonds. The summed E-state index contributed by atoms with van der Waals surface area (Å²) in [5, 5.41) is 3.21. The third-order valence-electron chi connectivity index (χ3n) is 2.90. The van der Waals surface area contributed by atoms with Crippen LogP contribution < -0.4 is 15.2 Å². The maximum absolute atomic E-state index is 5.78. The van der Waals surface area contributed by atoms with Crippen LogP contribution >= 0.6 is 11.3 Å². The molecule has 2 N–H and O–H groups in total. The van der Waals surface area contributed by atoms with E-state index in [9.17, 15) is 0 Å². The predicted octanol–water partition coefficient (Wildman–Crippen LogP) is 3.14. The van der Waals surface area contributed by atoms with Gasteiger partial charge in [0.25, 0.3) is 0 Å². The standard InChI is InChI=1S/C15H20N2O2S/c1-3-4-15-17-12(10-20-15)9-19-13-6-5-11(8-16)7-14(13)18-2/h5-7,10H,3-4,8-9,16H2,1-2H3. The molecule has 0 saturated carbocycles. The van der Waals surface area contributed by atoms with Crippen molar-refractivity contribution < 1.29 is 9.47 Å². The summed E-state index contributed by atoms with van der Waals surface area (Å²) in [4.78, 5) is 4.54. The normalized spacial score (nSPS) is 10.6. The minimum absolute atomic E-state index is 0.457. The summed E-state index contributed by atoms with van der Waals surface area (Å²) in [6.07, 6.45) is 2.14. The van der Waals surface area contributed by atoms with Crippen molar-refractivity contribution in [3.8, 4) is 11.5 Å². The molecule has 4 nitrogen and oxygen atoms in total. The third-order valence-corrected chi connectivity index (χ3v) is 3.86. The largest absolute Gasteiger partial charge is 0.493 e. The van der Waals surface area contributed by atoms with Crippen LogP contribution in [0.5, 0.6) is 11.5 Å². The average molecular weight is 292 g/mol. The Morgan fingerprint density at radius 2 is 2.15 bits per heavy atom. The molecule has 0 aliphatic heterocycles. The van der Waals surface area contributed by atoms with Crippen LogP contribution in [-0.2, 0) is 19.6 Å². The smallest absolute Gasteiger partial charge is 0.161 e. The van der Waals surface area contributed by atoms with Crippen molar-refractivity contribution in [1.82, 2.24) is 4.98 Å². The van der Waals surface area contributed by atoms with Crippen LogP contribution in [0.2, 0.25) is 0 Å². The molecule has 1 aromatic carbocycles. The number of benzene rings is 1. The van der Waals surface area contributed by atoms with Crippen molar-refractivity contribution in [2.45, 2.75) is 32.9 Å². The van der Waals surface area contributed by atoms with E-state index in [1.807, 2.05) is 23.6 Å². The lowest BCUT2D eigenvalue weighted by Gasteiger charge is -2.10. The van der Waals surface area contributed by atoms with E-state index >= 15 is 0 Å². The van der Waals surface area contributed by atoms with Gasteiger partial charge in [-0.15, -0.1) is 11.3 Å². The average Bonchev–Trinajstić information content (AvgIpc) is 2.93. The molecular weight excluding hydrogens is 272 g/mol. The molecule has 1 heterocycles. The van der Waals surface area contributed by atoms with E-state index in [2.05, 4.69) is 11.9 Å². The molecule has 20 heavy (non-hydrogen) atoms. The fourth-order valence-corrected chi connectivity index (χ4v) is 2.74. The van der Waals surface area contributed by atoms with Crippen molar-refractivity contribution in [3.05, 3.63) is 39.8 Å². The molecule has 5 heteroatoms. The van der Waals surface area contributed by atoms with Gasteiger partial charge in [0.2, 0.25) is 0 Å². The first-order valence-corrected chi connectivity index (χ1v) is 7.57. The second-order valence-corrected chi connectivity index (χ2v) is 5.40. The molecule has 0 radical (unpaired) electrons. The molecule has 2 aromatic rings. The summed E-state index contributed by atoms with van der Waals surface area (Å²) in [6.45, 7) is 3.10. The van der Waals surface area contributed by atoms with Gasteiger partial charge >= 0.3 is 0 Å². The third kappa shape index (κ3) is 3.71. The predicted molar refractivity (Wildman–Crippen MR) is 81.3 cm³/mol. The Morgan fingerprint density at radius 3 is 2.85 bits per heavy atom. The second kappa shape index (κ2) is 7.26. The van der Waals surface area contributed by atoms with Gasteiger partial charge in [0.15, 0.2) is 11.5 Å². The van der Waals surface area contributed by atoms with Gasteiger partial charge in [-0.25, -0.2) is 4.98 Å². The number of nitrogens with two attached hydrogens (primary N) is 1. The molecular formula is C15H20N2O2S. The number of ether oxygens (including phenoxy) is 2. The number of hydrogen-bond acceptors (Lipinski definition) is 5. The number of aryl methyl sites for hydroxylation is 1. The van der Waals surface area contributed by atoms with Crippen molar-refractivity contribution in [1.29, 1.82) is 0 Å². The molecule has 1 aromatic heterocycles. The zero-order valence-corrected chi connectivity index (χ0v) is 12.7. The fourth-order valence-electron chi connectivity index (χ4n) is 1.85. The lowest BCUT2D eigenvalue weighted by molar-refractivity contribution is 0.281. The summed E-state index contributed by atoms with van der Waals surface area (Å²) >= 11 is 1.69. The van der Waals surface area contributed by atoms with Gasteiger partial charge in [-0.1, -0.05) is 13.0 Å². The minimum Gasteiger partial charge on any atom is -0.493 e. The molecule has 0 bridgehead atoms. The summed E-state index contributed by atoms with van der Waals surface area (Å²) in [6, 6.07) is 5.74. The van der Waals surface area contributed by atoms with E-state index in [0.717, 1.165) is 34.9 Å². The van der Waals surface area contributed by atoms with Gasteiger partial charge in [-0.2, -0.15) is 0 Å². The Bertz CT molecular complexity index is 555. The SMILES string of the molecule is CCCc1nc(COc2ccc(CN)cc2OC)cs1. The lowest BCUT2D eigenvalue weighted by Crippen LogP contribution is -2.01. The van der Waals surface area contributed by atoms with Crippen LogP contribution in [0.4, 0.5) is 0 Å². The molecule has 0 fully saturated rings. The van der Waals surface area contributed by atoms with Crippen LogP contribution in [0.1, 0.15) is 29.6 Å². The Hall–Kier alpha value is -1.59. The molecule has 0 unspecified atom stereocenters.